The van der Waals surface area contributed by atoms with Gasteiger partial charge in [0.15, 0.2) is 15.6 Å². The van der Waals surface area contributed by atoms with Crippen molar-refractivity contribution >= 4 is 27.6 Å². The maximum Gasteiger partial charge on any atom is 0.417 e. The topological polar surface area (TPSA) is 126 Å². The zero-order valence-electron chi connectivity index (χ0n) is 30.0. The molecule has 0 spiro atoms. The van der Waals surface area contributed by atoms with Gasteiger partial charge in [-0.05, 0) is 81.2 Å². The van der Waals surface area contributed by atoms with Gasteiger partial charge >= 0.3 is 24.5 Å². The summed E-state index contributed by atoms with van der Waals surface area (Å²) in [6.45, 7) is 2.72. The molecule has 0 aliphatic heterocycles. The standard InChI is InChI=1S/C35H40F9N5O5S/c1-4-48(19-23-7-5-22(6-8-23)11-30(50)51)31-25(14-28(16-45-31)35(42,43)44)20-49(32-46-17-29(18-47-32)54-9-10-55(3,52)53)21(2)24-12-26(33(36,37)38)15-27(13-24)34(39,40)41/h12-18,21-23H,4-11,19-20H2,1-3H3,(H,50,51)/t21?,22-,23-. The molecular weight excluding hydrogens is 773 g/mol. The highest BCUT2D eigenvalue weighted by Gasteiger charge is 2.39. The molecule has 1 atom stereocenters. The molecular formula is C35H40F9N5O5S. The first-order valence-corrected chi connectivity index (χ1v) is 19.2. The van der Waals surface area contributed by atoms with E-state index in [9.17, 15) is 57.8 Å². The number of nitrogens with zero attached hydrogens (tertiary/aromatic N) is 5. The van der Waals surface area contributed by atoms with Crippen LogP contribution in [0.4, 0.5) is 51.3 Å². The average Bonchev–Trinajstić information content (AvgIpc) is 3.08. The molecule has 55 heavy (non-hydrogen) atoms. The van der Waals surface area contributed by atoms with Crippen LogP contribution in [0.25, 0.3) is 0 Å². The van der Waals surface area contributed by atoms with Crippen molar-refractivity contribution in [2.75, 3.05) is 41.5 Å². The molecule has 1 aliphatic rings. The van der Waals surface area contributed by atoms with Crippen molar-refractivity contribution in [3.05, 3.63) is 70.7 Å². The molecule has 1 aliphatic carbocycles. The lowest BCUT2D eigenvalue weighted by atomic mass is 9.80. The zero-order valence-corrected chi connectivity index (χ0v) is 30.8. The molecule has 1 unspecified atom stereocenters. The summed E-state index contributed by atoms with van der Waals surface area (Å²) in [5.74, 6) is -1.51. The Morgan fingerprint density at radius 3 is 1.89 bits per heavy atom. The van der Waals surface area contributed by atoms with E-state index in [4.69, 9.17) is 4.74 Å². The molecule has 1 saturated carbocycles. The Labute approximate surface area is 311 Å². The summed E-state index contributed by atoms with van der Waals surface area (Å²) >= 11 is 0. The molecule has 10 nitrogen and oxygen atoms in total. The third-order valence-electron chi connectivity index (χ3n) is 9.35. The number of aliphatic carboxylic acids is 1. The molecule has 1 fully saturated rings. The predicted molar refractivity (Wildman–Crippen MR) is 183 cm³/mol. The highest BCUT2D eigenvalue weighted by atomic mass is 32.2. The quantitative estimate of drug-likeness (QED) is 0.150. The maximum atomic E-state index is 14.1. The van der Waals surface area contributed by atoms with Crippen molar-refractivity contribution in [3.8, 4) is 5.75 Å². The smallest absolute Gasteiger partial charge is 0.417 e. The van der Waals surface area contributed by atoms with Crippen LogP contribution in [0.5, 0.6) is 5.75 Å². The second-order valence-electron chi connectivity index (χ2n) is 13.6. The number of carbonyl (C=O) groups is 1. The number of anilines is 2. The van der Waals surface area contributed by atoms with E-state index in [-0.39, 0.29) is 66.3 Å². The first-order valence-electron chi connectivity index (χ1n) is 17.2. The van der Waals surface area contributed by atoms with Gasteiger partial charge in [0.1, 0.15) is 12.4 Å². The monoisotopic (exact) mass is 813 g/mol. The number of pyridine rings is 1. The van der Waals surface area contributed by atoms with E-state index in [1.165, 1.54) is 6.92 Å². The summed E-state index contributed by atoms with van der Waals surface area (Å²) < 4.78 is 154. The Morgan fingerprint density at radius 2 is 1.40 bits per heavy atom. The Bertz CT molecular complexity index is 1850. The number of hydrogen-bond donors (Lipinski definition) is 1. The lowest BCUT2D eigenvalue weighted by Gasteiger charge is -2.35. The summed E-state index contributed by atoms with van der Waals surface area (Å²) in [4.78, 5) is 26.6. The molecule has 4 rings (SSSR count). The van der Waals surface area contributed by atoms with Crippen LogP contribution in [0.15, 0.2) is 42.9 Å². The first kappa shape index (κ1) is 43.4. The number of sulfone groups is 1. The minimum absolute atomic E-state index is 0.0104. The van der Waals surface area contributed by atoms with Gasteiger partial charge in [-0.2, -0.15) is 39.5 Å². The fourth-order valence-corrected chi connectivity index (χ4v) is 6.80. The van der Waals surface area contributed by atoms with Crippen LogP contribution in [0.1, 0.15) is 79.8 Å². The van der Waals surface area contributed by atoms with E-state index in [1.807, 2.05) is 0 Å². The van der Waals surface area contributed by atoms with Gasteiger partial charge in [-0.15, -0.1) is 0 Å². The molecule has 0 bridgehead atoms. The van der Waals surface area contributed by atoms with Crippen LogP contribution in [-0.2, 0) is 39.7 Å². The van der Waals surface area contributed by atoms with Crippen molar-refractivity contribution in [1.82, 2.24) is 15.0 Å². The second kappa shape index (κ2) is 17.2. The van der Waals surface area contributed by atoms with Gasteiger partial charge in [0.25, 0.3) is 0 Å². The Kier molecular flexibility index (Phi) is 13.6. The van der Waals surface area contributed by atoms with Crippen LogP contribution in [0, 0.1) is 11.8 Å². The van der Waals surface area contributed by atoms with Crippen LogP contribution in [0.2, 0.25) is 0 Å². The summed E-state index contributed by atoms with van der Waals surface area (Å²) in [6, 6.07) is 0.384. The van der Waals surface area contributed by atoms with Crippen LogP contribution < -0.4 is 14.5 Å². The van der Waals surface area contributed by atoms with E-state index < -0.39 is 69.2 Å². The normalized spacial score (nSPS) is 17.5. The fraction of sp³-hybridized carbons (Fsp3) is 0.543. The van der Waals surface area contributed by atoms with Crippen molar-refractivity contribution < 1.29 is 62.6 Å². The minimum atomic E-state index is -5.19. The second-order valence-corrected chi connectivity index (χ2v) is 15.8. The average molecular weight is 814 g/mol. The highest BCUT2D eigenvalue weighted by Crippen LogP contribution is 2.40. The highest BCUT2D eigenvalue weighted by molar-refractivity contribution is 7.90. The molecule has 3 aromatic rings. The van der Waals surface area contributed by atoms with E-state index in [1.54, 1.807) is 11.8 Å². The third kappa shape index (κ3) is 12.3. The van der Waals surface area contributed by atoms with Gasteiger partial charge < -0.3 is 19.6 Å². The van der Waals surface area contributed by atoms with Crippen molar-refractivity contribution in [3.63, 3.8) is 0 Å². The Morgan fingerprint density at radius 1 is 0.855 bits per heavy atom. The molecule has 0 amide bonds. The molecule has 20 heteroatoms. The van der Waals surface area contributed by atoms with E-state index in [0.717, 1.165) is 29.6 Å². The first-order chi connectivity index (χ1) is 25.4. The number of ether oxygens (including phenoxy) is 1. The van der Waals surface area contributed by atoms with Crippen molar-refractivity contribution in [2.45, 2.75) is 77.1 Å². The largest absolute Gasteiger partial charge is 0.489 e. The van der Waals surface area contributed by atoms with Crippen LogP contribution in [-0.4, -0.2) is 66.2 Å². The number of rotatable bonds is 15. The number of carboxylic acids is 1. The summed E-state index contributed by atoms with van der Waals surface area (Å²) in [7, 11) is -3.41. The molecule has 0 radical (unpaired) electrons. The lowest BCUT2D eigenvalue weighted by molar-refractivity contribution is -0.143. The van der Waals surface area contributed by atoms with Gasteiger partial charge in [-0.25, -0.2) is 23.4 Å². The molecule has 0 saturated heterocycles. The number of hydrogen-bond acceptors (Lipinski definition) is 9. The van der Waals surface area contributed by atoms with Crippen molar-refractivity contribution in [2.24, 2.45) is 11.8 Å². The predicted octanol–water partition coefficient (Wildman–Crippen LogP) is 8.23. The molecule has 304 valence electrons. The van der Waals surface area contributed by atoms with E-state index >= 15 is 0 Å². The Hall–Kier alpha value is -4.36. The molecule has 1 aromatic carbocycles. The Balaban J connectivity index is 1.80. The maximum absolute atomic E-state index is 14.1. The SMILES string of the molecule is CCN(C[C@H]1CC[C@H](CC(=O)O)CC1)c1ncc(C(F)(F)F)cc1CN(c1ncc(OCCS(C)(=O)=O)cn1)C(C)c1cc(C(F)(F)F)cc(C(F)(F)F)c1. The van der Waals surface area contributed by atoms with E-state index in [2.05, 4.69) is 15.0 Å². The lowest BCUT2D eigenvalue weighted by Crippen LogP contribution is -2.35. The zero-order chi connectivity index (χ0) is 40.9. The minimum Gasteiger partial charge on any atom is -0.489 e. The van der Waals surface area contributed by atoms with Crippen molar-refractivity contribution in [1.29, 1.82) is 0 Å². The van der Waals surface area contributed by atoms with Gasteiger partial charge in [0, 0.05) is 37.5 Å². The number of aromatic nitrogens is 3. The van der Waals surface area contributed by atoms with E-state index in [0.29, 0.717) is 50.6 Å². The summed E-state index contributed by atoms with van der Waals surface area (Å²) in [5.41, 5.74) is -4.93. The van der Waals surface area contributed by atoms with Gasteiger partial charge in [0.05, 0.1) is 47.4 Å². The van der Waals surface area contributed by atoms with Gasteiger partial charge in [-0.1, -0.05) is 0 Å². The molecule has 2 aromatic heterocycles. The molecule has 1 N–H and O–H groups in total. The number of carboxylic acid groups (broad SMARTS) is 1. The number of alkyl halides is 9. The van der Waals surface area contributed by atoms with Gasteiger partial charge in [-0.3, -0.25) is 4.79 Å². The van der Waals surface area contributed by atoms with Crippen LogP contribution in [0.3, 0.4) is 0 Å². The summed E-state index contributed by atoms with van der Waals surface area (Å²) in [5, 5.41) is 9.18. The van der Waals surface area contributed by atoms with Crippen LogP contribution >= 0.6 is 0 Å². The third-order valence-corrected chi connectivity index (χ3v) is 10.3. The fourth-order valence-electron chi connectivity index (χ4n) is 6.41. The number of benzene rings is 1. The molecule has 2 heterocycles. The summed E-state index contributed by atoms with van der Waals surface area (Å²) in [6.07, 6.45) is -8.86. The van der Waals surface area contributed by atoms with Gasteiger partial charge in [0.2, 0.25) is 5.95 Å². The number of halogens is 9.